The molecule has 0 aliphatic heterocycles. The molecule has 0 saturated carbocycles. The first kappa shape index (κ1) is 14.6. The van der Waals surface area contributed by atoms with Crippen molar-refractivity contribution in [3.05, 3.63) is 84.4 Å². The van der Waals surface area contributed by atoms with E-state index in [-0.39, 0.29) is 12.4 Å². The largest absolute Gasteiger partial charge is 0.392 e. The van der Waals surface area contributed by atoms with E-state index in [1.54, 1.807) is 18.2 Å². The molecule has 0 unspecified atom stereocenters. The van der Waals surface area contributed by atoms with Gasteiger partial charge in [0, 0.05) is 34.6 Å². The maximum absolute atomic E-state index is 14.4. The average molecular weight is 318 g/mol. The van der Waals surface area contributed by atoms with Crippen LogP contribution in [0.5, 0.6) is 0 Å². The zero-order valence-corrected chi connectivity index (χ0v) is 12.9. The summed E-state index contributed by atoms with van der Waals surface area (Å²) < 4.78 is 16.3. The predicted octanol–water partition coefficient (Wildman–Crippen LogP) is 4.30. The van der Waals surface area contributed by atoms with Crippen LogP contribution in [0.1, 0.15) is 5.56 Å². The second-order valence-corrected chi connectivity index (χ2v) is 5.61. The van der Waals surface area contributed by atoms with E-state index >= 15 is 0 Å². The average Bonchev–Trinajstić information content (AvgIpc) is 3.06. The highest BCUT2D eigenvalue weighted by molar-refractivity contribution is 5.68. The van der Waals surface area contributed by atoms with Crippen molar-refractivity contribution >= 4 is 5.65 Å². The fraction of sp³-hybridized carbons (Fsp3) is 0.0500. The molecule has 0 aliphatic carbocycles. The monoisotopic (exact) mass is 318 g/mol. The second kappa shape index (κ2) is 5.91. The summed E-state index contributed by atoms with van der Waals surface area (Å²) >= 11 is 0. The topological polar surface area (TPSA) is 37.5 Å². The van der Waals surface area contributed by atoms with Gasteiger partial charge < -0.3 is 9.51 Å². The number of pyridine rings is 1. The van der Waals surface area contributed by atoms with E-state index in [1.807, 2.05) is 59.3 Å². The zero-order chi connectivity index (χ0) is 16.5. The molecule has 4 rings (SSSR count). The number of aliphatic hydroxyl groups is 1. The van der Waals surface area contributed by atoms with E-state index in [9.17, 15) is 9.50 Å². The third-order valence-corrected chi connectivity index (χ3v) is 4.08. The molecule has 0 amide bonds. The number of hydrogen-bond donors (Lipinski definition) is 1. The molecule has 0 saturated heterocycles. The summed E-state index contributed by atoms with van der Waals surface area (Å²) in [7, 11) is 0. The van der Waals surface area contributed by atoms with Crippen molar-refractivity contribution in [2.24, 2.45) is 0 Å². The Morgan fingerprint density at radius 3 is 2.50 bits per heavy atom. The first-order chi connectivity index (χ1) is 11.8. The fourth-order valence-corrected chi connectivity index (χ4v) is 2.82. The molecule has 24 heavy (non-hydrogen) atoms. The third-order valence-electron chi connectivity index (χ3n) is 4.08. The summed E-state index contributed by atoms with van der Waals surface area (Å²) in [5.41, 5.74) is 4.22. The minimum absolute atomic E-state index is 0.295. The lowest BCUT2D eigenvalue weighted by Gasteiger charge is -2.07. The highest BCUT2D eigenvalue weighted by atomic mass is 19.1. The van der Waals surface area contributed by atoms with E-state index in [2.05, 4.69) is 4.98 Å². The molecule has 0 atom stereocenters. The van der Waals surface area contributed by atoms with Crippen LogP contribution in [0.3, 0.4) is 0 Å². The smallest absolute Gasteiger partial charge is 0.137 e. The van der Waals surface area contributed by atoms with Gasteiger partial charge in [-0.2, -0.15) is 0 Å². The van der Waals surface area contributed by atoms with Crippen LogP contribution < -0.4 is 0 Å². The van der Waals surface area contributed by atoms with E-state index in [1.165, 1.54) is 0 Å². The molecule has 4 aromatic rings. The van der Waals surface area contributed by atoms with Crippen molar-refractivity contribution in [2.75, 3.05) is 0 Å². The highest BCUT2D eigenvalue weighted by Gasteiger charge is 2.11. The summed E-state index contributed by atoms with van der Waals surface area (Å²) in [5, 5.41) is 9.24. The van der Waals surface area contributed by atoms with Crippen LogP contribution in [0.25, 0.3) is 28.0 Å². The van der Waals surface area contributed by atoms with E-state index in [0.29, 0.717) is 11.1 Å². The summed E-state index contributed by atoms with van der Waals surface area (Å²) in [6.07, 6.45) is 3.79. The number of rotatable bonds is 3. The molecule has 0 spiro atoms. The van der Waals surface area contributed by atoms with Crippen LogP contribution in [-0.2, 0) is 6.61 Å². The van der Waals surface area contributed by atoms with Crippen LogP contribution in [-0.4, -0.2) is 14.5 Å². The molecule has 0 fully saturated rings. The number of hydrogen-bond acceptors (Lipinski definition) is 2. The Bertz CT molecular complexity index is 1010. The van der Waals surface area contributed by atoms with Crippen molar-refractivity contribution in [3.63, 3.8) is 0 Å². The summed E-state index contributed by atoms with van der Waals surface area (Å²) in [6, 6.07) is 18.7. The van der Waals surface area contributed by atoms with Gasteiger partial charge in [0.2, 0.25) is 0 Å². The van der Waals surface area contributed by atoms with Gasteiger partial charge in [-0.1, -0.05) is 48.5 Å². The van der Waals surface area contributed by atoms with E-state index in [0.717, 1.165) is 22.5 Å². The van der Waals surface area contributed by atoms with Crippen molar-refractivity contribution in [2.45, 2.75) is 6.61 Å². The minimum Gasteiger partial charge on any atom is -0.392 e. The summed E-state index contributed by atoms with van der Waals surface area (Å²) in [6.45, 7) is -0.314. The molecule has 0 aliphatic rings. The Kier molecular flexibility index (Phi) is 3.59. The minimum atomic E-state index is -0.386. The summed E-state index contributed by atoms with van der Waals surface area (Å²) in [5.74, 6) is -0.386. The number of imidazole rings is 1. The maximum atomic E-state index is 14.4. The van der Waals surface area contributed by atoms with Crippen LogP contribution >= 0.6 is 0 Å². The molecule has 2 heterocycles. The molecule has 1 N–H and O–H groups in total. The first-order valence-electron chi connectivity index (χ1n) is 7.69. The van der Waals surface area contributed by atoms with Crippen LogP contribution in [0.2, 0.25) is 0 Å². The number of nitrogens with zero attached hydrogens (tertiary/aromatic N) is 2. The second-order valence-electron chi connectivity index (χ2n) is 5.61. The highest BCUT2D eigenvalue weighted by Crippen LogP contribution is 2.27. The lowest BCUT2D eigenvalue weighted by atomic mass is 10.0. The fourth-order valence-electron chi connectivity index (χ4n) is 2.82. The van der Waals surface area contributed by atoms with E-state index in [4.69, 9.17) is 0 Å². The number of halogens is 1. The van der Waals surface area contributed by atoms with Crippen LogP contribution in [0.15, 0.2) is 73.1 Å². The van der Waals surface area contributed by atoms with Gasteiger partial charge in [0.15, 0.2) is 0 Å². The normalized spacial score (nSPS) is 11.1. The molecule has 2 aromatic carbocycles. The number of fused-ring (bicyclic) bond motifs is 1. The number of aliphatic hydroxyl groups excluding tert-OH is 1. The maximum Gasteiger partial charge on any atom is 0.137 e. The Balaban J connectivity index is 1.82. The lowest BCUT2D eigenvalue weighted by Crippen LogP contribution is -1.94. The Labute approximate surface area is 138 Å². The third kappa shape index (κ3) is 2.47. The lowest BCUT2D eigenvalue weighted by molar-refractivity contribution is 0.276. The molecule has 2 aromatic heterocycles. The Hall–Kier alpha value is -2.98. The molecule has 0 bridgehead atoms. The van der Waals surface area contributed by atoms with Gasteiger partial charge in [-0.3, -0.25) is 0 Å². The van der Waals surface area contributed by atoms with Gasteiger partial charge in [-0.25, -0.2) is 9.37 Å². The number of benzene rings is 2. The van der Waals surface area contributed by atoms with Gasteiger partial charge in [0.25, 0.3) is 0 Å². The van der Waals surface area contributed by atoms with Crippen molar-refractivity contribution in [1.29, 1.82) is 0 Å². The van der Waals surface area contributed by atoms with Gasteiger partial charge in [0.05, 0.1) is 12.3 Å². The Morgan fingerprint density at radius 2 is 1.71 bits per heavy atom. The molecular formula is C20H15FN2O. The van der Waals surface area contributed by atoms with Crippen molar-refractivity contribution in [3.8, 4) is 22.4 Å². The molecular weight excluding hydrogens is 303 g/mol. The molecule has 118 valence electrons. The van der Waals surface area contributed by atoms with Crippen molar-refractivity contribution < 1.29 is 9.50 Å². The SMILES string of the molecule is OCc1cccc(-c2ccc3nc(-c4ccccc4)cn3c2)c1F. The Morgan fingerprint density at radius 1 is 0.875 bits per heavy atom. The molecule has 3 nitrogen and oxygen atoms in total. The van der Waals surface area contributed by atoms with Crippen LogP contribution in [0.4, 0.5) is 4.39 Å². The summed E-state index contributed by atoms with van der Waals surface area (Å²) in [4.78, 5) is 4.60. The van der Waals surface area contributed by atoms with Crippen LogP contribution in [0, 0.1) is 5.82 Å². The van der Waals surface area contributed by atoms with Gasteiger partial charge >= 0.3 is 0 Å². The van der Waals surface area contributed by atoms with Crippen molar-refractivity contribution in [1.82, 2.24) is 9.38 Å². The van der Waals surface area contributed by atoms with Gasteiger partial charge in [0.1, 0.15) is 11.5 Å². The predicted molar refractivity (Wildman–Crippen MR) is 91.9 cm³/mol. The standard InChI is InChI=1S/C20H15FN2O/c21-20-16(13-24)7-4-8-17(20)15-9-10-19-22-18(12-23(19)11-15)14-5-2-1-3-6-14/h1-12,24H,13H2. The number of aromatic nitrogens is 2. The quantitative estimate of drug-likeness (QED) is 0.611. The van der Waals surface area contributed by atoms with E-state index < -0.39 is 0 Å². The van der Waals surface area contributed by atoms with Gasteiger partial charge in [-0.05, 0) is 12.1 Å². The zero-order valence-electron chi connectivity index (χ0n) is 12.9. The molecule has 0 radical (unpaired) electrons. The first-order valence-corrected chi connectivity index (χ1v) is 7.69. The molecule has 4 heteroatoms. The van der Waals surface area contributed by atoms with Gasteiger partial charge in [-0.15, -0.1) is 0 Å².